The number of allylic oxidation sites excluding steroid dienone is 2. The van der Waals surface area contributed by atoms with E-state index in [0.717, 1.165) is 0 Å². The Labute approximate surface area is 108 Å². The average molecular weight is 251 g/mol. The van der Waals surface area contributed by atoms with Gasteiger partial charge in [-0.3, -0.25) is 4.79 Å². The molecule has 0 aromatic heterocycles. The molecule has 0 saturated heterocycles. The van der Waals surface area contributed by atoms with Crippen molar-refractivity contribution in [3.05, 3.63) is 23.8 Å². The maximum atomic E-state index is 11.6. The lowest BCUT2D eigenvalue weighted by Gasteiger charge is -2.21. The SMILES string of the molecule is CC(C)C=C1C(=O)C=CC1NC(=O)OC(C)(C)C. The van der Waals surface area contributed by atoms with E-state index in [1.807, 2.05) is 19.9 Å². The summed E-state index contributed by atoms with van der Waals surface area (Å²) in [4.78, 5) is 23.3. The molecule has 1 N–H and O–H groups in total. The zero-order valence-electron chi connectivity index (χ0n) is 11.6. The van der Waals surface area contributed by atoms with Crippen molar-refractivity contribution in [3.8, 4) is 0 Å². The van der Waals surface area contributed by atoms with Gasteiger partial charge in [-0.25, -0.2) is 4.79 Å². The van der Waals surface area contributed by atoms with E-state index in [-0.39, 0.29) is 17.7 Å². The first kappa shape index (κ1) is 14.5. The van der Waals surface area contributed by atoms with E-state index in [1.54, 1.807) is 26.8 Å². The van der Waals surface area contributed by atoms with Crippen molar-refractivity contribution in [1.82, 2.24) is 5.32 Å². The van der Waals surface area contributed by atoms with Gasteiger partial charge >= 0.3 is 6.09 Å². The van der Waals surface area contributed by atoms with E-state index in [2.05, 4.69) is 5.32 Å². The second-order valence-corrected chi connectivity index (χ2v) is 5.71. The first-order valence-electron chi connectivity index (χ1n) is 6.13. The predicted molar refractivity (Wildman–Crippen MR) is 70.2 cm³/mol. The first-order valence-corrected chi connectivity index (χ1v) is 6.13. The van der Waals surface area contributed by atoms with Crippen molar-refractivity contribution < 1.29 is 14.3 Å². The summed E-state index contributed by atoms with van der Waals surface area (Å²) in [6, 6.07) is -0.380. The summed E-state index contributed by atoms with van der Waals surface area (Å²) in [5.41, 5.74) is 0.0640. The first-order chi connectivity index (χ1) is 8.19. The van der Waals surface area contributed by atoms with Crippen molar-refractivity contribution in [2.45, 2.75) is 46.3 Å². The largest absolute Gasteiger partial charge is 0.444 e. The minimum atomic E-state index is -0.543. The van der Waals surface area contributed by atoms with Gasteiger partial charge in [-0.1, -0.05) is 26.0 Å². The maximum absolute atomic E-state index is 11.6. The third-order valence-corrected chi connectivity index (χ3v) is 2.24. The van der Waals surface area contributed by atoms with E-state index in [4.69, 9.17) is 4.74 Å². The van der Waals surface area contributed by atoms with E-state index in [9.17, 15) is 9.59 Å². The van der Waals surface area contributed by atoms with Gasteiger partial charge in [0.05, 0.1) is 6.04 Å². The second-order valence-electron chi connectivity index (χ2n) is 5.71. The van der Waals surface area contributed by atoms with Crippen LogP contribution in [0.2, 0.25) is 0 Å². The summed E-state index contributed by atoms with van der Waals surface area (Å²) in [5, 5.41) is 2.68. The topological polar surface area (TPSA) is 55.4 Å². The summed E-state index contributed by atoms with van der Waals surface area (Å²) in [5.74, 6) is 0.205. The molecule has 0 heterocycles. The molecular formula is C14H21NO3. The molecule has 1 atom stereocenters. The zero-order valence-corrected chi connectivity index (χ0v) is 11.6. The molecule has 0 aliphatic heterocycles. The summed E-state index contributed by atoms with van der Waals surface area (Å²) in [6.45, 7) is 9.37. The summed E-state index contributed by atoms with van der Waals surface area (Å²) in [7, 11) is 0. The number of carbonyl (C=O) groups is 2. The van der Waals surface area contributed by atoms with Crippen LogP contribution >= 0.6 is 0 Å². The van der Waals surface area contributed by atoms with Crippen LogP contribution < -0.4 is 5.32 Å². The van der Waals surface area contributed by atoms with E-state index < -0.39 is 11.7 Å². The van der Waals surface area contributed by atoms with Crippen molar-refractivity contribution in [2.75, 3.05) is 0 Å². The van der Waals surface area contributed by atoms with Gasteiger partial charge in [-0.2, -0.15) is 0 Å². The monoisotopic (exact) mass is 251 g/mol. The molecule has 100 valence electrons. The molecule has 0 bridgehead atoms. The fourth-order valence-corrected chi connectivity index (χ4v) is 1.64. The number of carbonyl (C=O) groups excluding carboxylic acids is 2. The number of hydrogen-bond donors (Lipinski definition) is 1. The van der Waals surface area contributed by atoms with Crippen molar-refractivity contribution in [1.29, 1.82) is 0 Å². The van der Waals surface area contributed by atoms with Crippen molar-refractivity contribution >= 4 is 11.9 Å². The predicted octanol–water partition coefficient (Wildman–Crippen LogP) is 2.60. The molecular weight excluding hydrogens is 230 g/mol. The van der Waals surface area contributed by atoms with Crippen LogP contribution in [0.5, 0.6) is 0 Å². The number of rotatable bonds is 2. The lowest BCUT2D eigenvalue weighted by molar-refractivity contribution is -0.111. The molecule has 18 heavy (non-hydrogen) atoms. The van der Waals surface area contributed by atoms with Crippen LogP contribution in [0.25, 0.3) is 0 Å². The Kier molecular flexibility index (Phi) is 4.33. The molecule has 0 aromatic rings. The highest BCUT2D eigenvalue weighted by molar-refractivity contribution is 6.08. The molecule has 4 nitrogen and oxygen atoms in total. The molecule has 1 aliphatic carbocycles. The van der Waals surface area contributed by atoms with E-state index in [1.165, 1.54) is 6.08 Å². The molecule has 1 rings (SSSR count). The number of alkyl carbamates (subject to hydrolysis) is 1. The lowest BCUT2D eigenvalue weighted by Crippen LogP contribution is -2.38. The van der Waals surface area contributed by atoms with Crippen LogP contribution in [0.4, 0.5) is 4.79 Å². The van der Waals surface area contributed by atoms with Gasteiger partial charge in [0.25, 0.3) is 0 Å². The number of hydrogen-bond acceptors (Lipinski definition) is 3. The van der Waals surface area contributed by atoms with Gasteiger partial charge in [0, 0.05) is 5.57 Å². The van der Waals surface area contributed by atoms with Crippen LogP contribution in [0.1, 0.15) is 34.6 Å². The van der Waals surface area contributed by atoms with E-state index >= 15 is 0 Å². The van der Waals surface area contributed by atoms with Crippen LogP contribution in [0.3, 0.4) is 0 Å². The van der Waals surface area contributed by atoms with E-state index in [0.29, 0.717) is 5.57 Å². The highest BCUT2D eigenvalue weighted by Crippen LogP contribution is 2.17. The fourth-order valence-electron chi connectivity index (χ4n) is 1.64. The minimum Gasteiger partial charge on any atom is -0.444 e. The van der Waals surface area contributed by atoms with Gasteiger partial charge in [-0.15, -0.1) is 0 Å². The molecule has 1 amide bonds. The molecule has 0 saturated carbocycles. The average Bonchev–Trinajstić information content (AvgIpc) is 2.46. The quantitative estimate of drug-likeness (QED) is 0.767. The smallest absolute Gasteiger partial charge is 0.408 e. The molecule has 0 fully saturated rings. The Morgan fingerprint density at radius 2 is 2.06 bits per heavy atom. The number of nitrogens with one attached hydrogen (secondary N) is 1. The van der Waals surface area contributed by atoms with Crippen molar-refractivity contribution in [3.63, 3.8) is 0 Å². The van der Waals surface area contributed by atoms with Crippen molar-refractivity contribution in [2.24, 2.45) is 5.92 Å². The Bertz CT molecular complexity index is 400. The third kappa shape index (κ3) is 4.35. The summed E-state index contributed by atoms with van der Waals surface area (Å²) < 4.78 is 5.17. The Morgan fingerprint density at radius 3 is 2.56 bits per heavy atom. The normalized spacial score (nSPS) is 21.8. The molecule has 1 aliphatic rings. The molecule has 4 heteroatoms. The van der Waals surface area contributed by atoms with Crippen LogP contribution in [0, 0.1) is 5.92 Å². The van der Waals surface area contributed by atoms with Gasteiger partial charge in [0.15, 0.2) is 5.78 Å². The number of ether oxygens (including phenoxy) is 1. The minimum absolute atomic E-state index is 0.0511. The lowest BCUT2D eigenvalue weighted by atomic mass is 10.0. The van der Waals surface area contributed by atoms with Crippen LogP contribution in [-0.2, 0) is 9.53 Å². The van der Waals surface area contributed by atoms with Gasteiger partial charge in [0.2, 0.25) is 0 Å². The molecule has 0 spiro atoms. The maximum Gasteiger partial charge on any atom is 0.408 e. The van der Waals surface area contributed by atoms with Gasteiger partial charge in [0.1, 0.15) is 5.60 Å². The fraction of sp³-hybridized carbons (Fsp3) is 0.571. The Morgan fingerprint density at radius 1 is 1.44 bits per heavy atom. The Hall–Kier alpha value is -1.58. The van der Waals surface area contributed by atoms with Crippen LogP contribution in [0.15, 0.2) is 23.8 Å². The summed E-state index contributed by atoms with van der Waals surface area (Å²) >= 11 is 0. The highest BCUT2D eigenvalue weighted by Gasteiger charge is 2.26. The van der Waals surface area contributed by atoms with Gasteiger partial charge < -0.3 is 10.1 Å². The zero-order chi connectivity index (χ0) is 13.9. The number of amides is 1. The number of ketones is 1. The second kappa shape index (κ2) is 5.38. The third-order valence-electron chi connectivity index (χ3n) is 2.24. The molecule has 0 aromatic carbocycles. The summed E-state index contributed by atoms with van der Waals surface area (Å²) in [6.07, 6.45) is 4.52. The standard InChI is InChI=1S/C14H21NO3/c1-9(2)8-10-11(6-7-12(10)16)15-13(17)18-14(3,4)5/h6-9,11H,1-5H3,(H,15,17). The molecule has 1 unspecified atom stereocenters. The molecule has 0 radical (unpaired) electrons. The Balaban J connectivity index is 2.70. The highest BCUT2D eigenvalue weighted by atomic mass is 16.6. The van der Waals surface area contributed by atoms with Gasteiger partial charge in [-0.05, 0) is 32.8 Å². The van der Waals surface area contributed by atoms with Crippen LogP contribution in [-0.4, -0.2) is 23.5 Å².